The number of nitrogens with zero attached hydrogens (tertiary/aromatic N) is 2. The van der Waals surface area contributed by atoms with Gasteiger partial charge in [-0.25, -0.2) is 0 Å². The molecule has 3 heterocycles. The first-order valence-corrected chi connectivity index (χ1v) is 9.89. The van der Waals surface area contributed by atoms with Crippen molar-refractivity contribution in [3.8, 4) is 0 Å². The molecule has 1 aromatic rings. The van der Waals surface area contributed by atoms with Crippen LogP contribution in [0.15, 0.2) is 24.3 Å². The van der Waals surface area contributed by atoms with Gasteiger partial charge in [-0.05, 0) is 18.4 Å². The summed E-state index contributed by atoms with van der Waals surface area (Å²) in [7, 11) is 0. The van der Waals surface area contributed by atoms with E-state index in [1.165, 1.54) is 23.6 Å². The van der Waals surface area contributed by atoms with Crippen LogP contribution in [0.2, 0.25) is 0 Å². The summed E-state index contributed by atoms with van der Waals surface area (Å²) in [6, 6.07) is 5.69. The molecule has 0 radical (unpaired) electrons. The Labute approximate surface area is 169 Å². The van der Waals surface area contributed by atoms with Crippen LogP contribution in [-0.4, -0.2) is 46.8 Å². The number of rotatable bonds is 3. The van der Waals surface area contributed by atoms with Gasteiger partial charge >= 0.3 is 5.97 Å². The third-order valence-electron chi connectivity index (χ3n) is 5.92. The third kappa shape index (κ3) is 2.73. The number of benzene rings is 1. The van der Waals surface area contributed by atoms with Crippen LogP contribution in [0.5, 0.6) is 0 Å². The molecule has 0 aromatic heterocycles. The zero-order valence-corrected chi connectivity index (χ0v) is 17.0. The average molecular weight is 399 g/mol. The number of anilines is 1. The number of hydrogen-bond donors (Lipinski definition) is 1. The first kappa shape index (κ1) is 19.4. The Balaban J connectivity index is 1.88. The molecule has 3 aliphatic heterocycles. The van der Waals surface area contributed by atoms with Gasteiger partial charge < -0.3 is 15.0 Å². The molecule has 3 aliphatic rings. The highest BCUT2D eigenvalue weighted by molar-refractivity contribution is 6.02. The summed E-state index contributed by atoms with van der Waals surface area (Å²) in [6.07, 6.45) is -0.266. The predicted molar refractivity (Wildman–Crippen MR) is 103 cm³/mol. The molecule has 154 valence electrons. The molecular weight excluding hydrogens is 374 g/mol. The van der Waals surface area contributed by atoms with E-state index in [2.05, 4.69) is 5.32 Å². The third-order valence-corrected chi connectivity index (χ3v) is 5.92. The molecule has 0 saturated carbocycles. The van der Waals surface area contributed by atoms with E-state index in [0.29, 0.717) is 17.7 Å². The highest BCUT2D eigenvalue weighted by Crippen LogP contribution is 2.55. The number of para-hydroxylation sites is 1. The number of carbonyl (C=O) groups excluding carboxylic acids is 4. The maximum atomic E-state index is 13.4. The summed E-state index contributed by atoms with van der Waals surface area (Å²) in [5, 5.41) is 2.82. The minimum atomic E-state index is -1.27. The van der Waals surface area contributed by atoms with E-state index >= 15 is 0 Å². The van der Waals surface area contributed by atoms with Gasteiger partial charge in [-0.3, -0.25) is 24.1 Å². The van der Waals surface area contributed by atoms with Crippen molar-refractivity contribution < 1.29 is 23.9 Å². The molecule has 0 spiro atoms. The summed E-state index contributed by atoms with van der Waals surface area (Å²) in [4.78, 5) is 54.0. The summed E-state index contributed by atoms with van der Waals surface area (Å²) in [5.41, 5.74) is -0.0203. The Kier molecular flexibility index (Phi) is 4.40. The van der Waals surface area contributed by atoms with Crippen LogP contribution in [0.4, 0.5) is 5.69 Å². The van der Waals surface area contributed by atoms with Crippen molar-refractivity contribution in [2.45, 2.75) is 64.4 Å². The van der Waals surface area contributed by atoms with Crippen molar-refractivity contribution in [2.24, 2.45) is 5.92 Å². The number of fused-ring (bicyclic) bond motifs is 5. The summed E-state index contributed by atoms with van der Waals surface area (Å²) < 4.78 is 5.83. The van der Waals surface area contributed by atoms with Crippen LogP contribution >= 0.6 is 0 Å². The molecular formula is C21H25N3O5. The van der Waals surface area contributed by atoms with Crippen LogP contribution in [0.3, 0.4) is 0 Å². The van der Waals surface area contributed by atoms with Gasteiger partial charge in [0, 0.05) is 25.8 Å². The molecule has 4 rings (SSSR count). The molecule has 0 bridgehead atoms. The van der Waals surface area contributed by atoms with E-state index in [1.54, 1.807) is 24.3 Å². The number of ether oxygens (including phenoxy) is 1. The van der Waals surface area contributed by atoms with Crippen molar-refractivity contribution >= 4 is 29.4 Å². The van der Waals surface area contributed by atoms with E-state index in [1.807, 2.05) is 13.8 Å². The monoisotopic (exact) mass is 399 g/mol. The standard InChI is InChI=1S/C21H25N3O5/c1-11(2)9-15-19(28)24-17(18(27)22-15)10-21(29-13(4)26)14-7-5-6-8-16(14)23(12(3)25)20(21)24/h5-8,11,15,17,20H,9-10H2,1-4H3,(H,22,27)/t15-,17-,20-,21+/m0/s1. The molecule has 0 aliphatic carbocycles. The zero-order valence-electron chi connectivity index (χ0n) is 17.0. The largest absolute Gasteiger partial charge is 0.450 e. The Morgan fingerprint density at radius 2 is 1.93 bits per heavy atom. The minimum Gasteiger partial charge on any atom is -0.450 e. The molecule has 4 atom stereocenters. The van der Waals surface area contributed by atoms with Gasteiger partial charge in [-0.1, -0.05) is 32.0 Å². The molecule has 8 heteroatoms. The fourth-order valence-corrected chi connectivity index (χ4v) is 5.02. The molecule has 3 amide bonds. The second kappa shape index (κ2) is 6.57. The fourth-order valence-electron chi connectivity index (χ4n) is 5.02. The van der Waals surface area contributed by atoms with Gasteiger partial charge in [0.05, 0.1) is 5.69 Å². The Bertz CT molecular complexity index is 913. The lowest BCUT2D eigenvalue weighted by atomic mass is 9.90. The van der Waals surface area contributed by atoms with Gasteiger partial charge in [-0.15, -0.1) is 0 Å². The van der Waals surface area contributed by atoms with Gasteiger partial charge in [-0.2, -0.15) is 0 Å². The Hall–Kier alpha value is -2.90. The van der Waals surface area contributed by atoms with Crippen LogP contribution in [0.1, 0.15) is 46.1 Å². The van der Waals surface area contributed by atoms with E-state index in [-0.39, 0.29) is 30.1 Å². The smallest absolute Gasteiger partial charge is 0.303 e. The van der Waals surface area contributed by atoms with Crippen molar-refractivity contribution in [3.05, 3.63) is 29.8 Å². The lowest BCUT2D eigenvalue weighted by molar-refractivity contribution is -0.163. The average Bonchev–Trinajstić information content (AvgIpc) is 3.08. The van der Waals surface area contributed by atoms with Gasteiger partial charge in [0.15, 0.2) is 11.8 Å². The van der Waals surface area contributed by atoms with E-state index < -0.39 is 29.8 Å². The number of esters is 1. The maximum Gasteiger partial charge on any atom is 0.303 e. The SMILES string of the molecule is CC(=O)O[C@@]12C[C@H]3C(=O)N[C@@H](CC(C)C)C(=O)N3[C@@H]1N(C(C)=O)c1ccccc12. The normalized spacial score (nSPS) is 30.0. The molecule has 2 fully saturated rings. The number of carbonyl (C=O) groups is 4. The second-order valence-electron chi connectivity index (χ2n) is 8.42. The zero-order chi connectivity index (χ0) is 21.1. The first-order chi connectivity index (χ1) is 13.7. The lowest BCUT2D eigenvalue weighted by Crippen LogP contribution is -2.66. The van der Waals surface area contributed by atoms with Crippen molar-refractivity contribution in [2.75, 3.05) is 4.90 Å². The highest BCUT2D eigenvalue weighted by Gasteiger charge is 2.68. The molecule has 1 N–H and O–H groups in total. The van der Waals surface area contributed by atoms with E-state index in [4.69, 9.17) is 4.74 Å². The van der Waals surface area contributed by atoms with Gasteiger partial charge in [0.2, 0.25) is 17.7 Å². The molecule has 0 unspecified atom stereocenters. The summed E-state index contributed by atoms with van der Waals surface area (Å²) >= 11 is 0. The summed E-state index contributed by atoms with van der Waals surface area (Å²) in [5.74, 6) is -1.14. The molecule has 29 heavy (non-hydrogen) atoms. The van der Waals surface area contributed by atoms with Gasteiger partial charge in [0.1, 0.15) is 12.1 Å². The maximum absolute atomic E-state index is 13.4. The van der Waals surface area contributed by atoms with E-state index in [9.17, 15) is 19.2 Å². The Morgan fingerprint density at radius 3 is 2.55 bits per heavy atom. The topological polar surface area (TPSA) is 96.0 Å². The lowest BCUT2D eigenvalue weighted by Gasteiger charge is -2.41. The van der Waals surface area contributed by atoms with Crippen LogP contribution in [-0.2, 0) is 29.5 Å². The molecule has 2 saturated heterocycles. The van der Waals surface area contributed by atoms with E-state index in [0.717, 1.165) is 0 Å². The van der Waals surface area contributed by atoms with Crippen molar-refractivity contribution in [1.82, 2.24) is 10.2 Å². The fraction of sp³-hybridized carbons (Fsp3) is 0.524. The first-order valence-electron chi connectivity index (χ1n) is 9.89. The quantitative estimate of drug-likeness (QED) is 0.773. The Morgan fingerprint density at radius 1 is 1.24 bits per heavy atom. The molecule has 8 nitrogen and oxygen atoms in total. The predicted octanol–water partition coefficient (Wildman–Crippen LogP) is 1.28. The highest BCUT2D eigenvalue weighted by atomic mass is 16.6. The van der Waals surface area contributed by atoms with Crippen molar-refractivity contribution in [1.29, 1.82) is 0 Å². The van der Waals surface area contributed by atoms with Crippen LogP contribution < -0.4 is 10.2 Å². The second-order valence-corrected chi connectivity index (χ2v) is 8.42. The minimum absolute atomic E-state index is 0.115. The van der Waals surface area contributed by atoms with Crippen LogP contribution in [0, 0.1) is 5.92 Å². The summed E-state index contributed by atoms with van der Waals surface area (Å²) in [6.45, 7) is 6.66. The number of piperazine rings is 1. The number of hydrogen-bond acceptors (Lipinski definition) is 5. The molecule has 1 aromatic carbocycles. The number of nitrogens with one attached hydrogen (secondary N) is 1. The van der Waals surface area contributed by atoms with Crippen LogP contribution in [0.25, 0.3) is 0 Å². The van der Waals surface area contributed by atoms with Crippen molar-refractivity contribution in [3.63, 3.8) is 0 Å². The van der Waals surface area contributed by atoms with Gasteiger partial charge in [0.25, 0.3) is 0 Å². The number of amides is 3.